The maximum Gasteiger partial charge on any atom is 0.221 e. The van der Waals surface area contributed by atoms with Gasteiger partial charge in [0, 0.05) is 35.1 Å². The number of carbonyl (C=O) groups excluding carboxylic acids is 1. The average molecular weight is 503 g/mol. The van der Waals surface area contributed by atoms with Crippen LogP contribution in [0.4, 0.5) is 11.4 Å². The Kier molecular flexibility index (Phi) is 6.28. The average Bonchev–Trinajstić information content (AvgIpc) is 3.46. The summed E-state index contributed by atoms with van der Waals surface area (Å²) in [6.45, 7) is 3.45. The molecule has 1 saturated heterocycles. The molecule has 6 nitrogen and oxygen atoms in total. The van der Waals surface area contributed by atoms with E-state index in [2.05, 4.69) is 15.6 Å². The summed E-state index contributed by atoms with van der Waals surface area (Å²) in [5, 5.41) is 7.48. The fraction of sp³-hybridized carbons (Fsp3) is 0.148. The molecule has 1 amide bonds. The number of pyridine rings is 1. The maximum absolute atomic E-state index is 11.4. The lowest BCUT2D eigenvalue weighted by atomic mass is 10.0. The fourth-order valence-corrected chi connectivity index (χ4v) is 4.77. The molecule has 0 bridgehead atoms. The van der Waals surface area contributed by atoms with E-state index in [1.165, 1.54) is 6.92 Å². The maximum atomic E-state index is 11.4. The Morgan fingerprint density at radius 2 is 1.91 bits per heavy atom. The van der Waals surface area contributed by atoms with Crippen molar-refractivity contribution in [1.82, 2.24) is 10.3 Å². The van der Waals surface area contributed by atoms with Crippen LogP contribution in [-0.4, -0.2) is 16.0 Å². The second-order valence-corrected chi connectivity index (χ2v) is 9.18. The van der Waals surface area contributed by atoms with E-state index >= 15 is 0 Å². The first-order valence-electron chi connectivity index (χ1n) is 11.2. The molecule has 2 unspecified atom stereocenters. The molecule has 0 radical (unpaired) electrons. The highest BCUT2D eigenvalue weighted by molar-refractivity contribution is 7.80. The number of anilines is 2. The van der Waals surface area contributed by atoms with Crippen LogP contribution < -0.4 is 15.5 Å². The van der Waals surface area contributed by atoms with E-state index in [-0.39, 0.29) is 18.0 Å². The van der Waals surface area contributed by atoms with Gasteiger partial charge in [-0.05, 0) is 79.3 Å². The lowest BCUT2D eigenvalue weighted by Crippen LogP contribution is -2.29. The van der Waals surface area contributed by atoms with Gasteiger partial charge in [-0.3, -0.25) is 9.78 Å². The number of rotatable bonds is 5. The lowest BCUT2D eigenvalue weighted by molar-refractivity contribution is -0.114. The number of furan rings is 1. The molecule has 2 aromatic heterocycles. The zero-order chi connectivity index (χ0) is 24.5. The second-order valence-electron chi connectivity index (χ2n) is 8.39. The molecule has 176 valence electrons. The number of halogens is 1. The Balaban J connectivity index is 1.55. The highest BCUT2D eigenvalue weighted by Gasteiger charge is 2.42. The van der Waals surface area contributed by atoms with Crippen molar-refractivity contribution < 1.29 is 9.21 Å². The smallest absolute Gasteiger partial charge is 0.221 e. The molecule has 8 heteroatoms. The fourth-order valence-electron chi connectivity index (χ4n) is 4.24. The summed E-state index contributed by atoms with van der Waals surface area (Å²) in [6, 6.07) is 22.7. The van der Waals surface area contributed by atoms with Crippen molar-refractivity contribution in [2.24, 2.45) is 0 Å². The minimum absolute atomic E-state index is 0.122. The Morgan fingerprint density at radius 1 is 1.11 bits per heavy atom. The summed E-state index contributed by atoms with van der Waals surface area (Å²) in [5.74, 6) is 1.34. The van der Waals surface area contributed by atoms with Gasteiger partial charge in [-0.2, -0.15) is 0 Å². The number of amides is 1. The van der Waals surface area contributed by atoms with Crippen LogP contribution >= 0.6 is 23.8 Å². The topological polar surface area (TPSA) is 70.4 Å². The van der Waals surface area contributed by atoms with Gasteiger partial charge in [0.25, 0.3) is 0 Å². The Bertz CT molecular complexity index is 1390. The Morgan fingerprint density at radius 3 is 2.60 bits per heavy atom. The number of aryl methyl sites for hydroxylation is 1. The van der Waals surface area contributed by atoms with Crippen molar-refractivity contribution in [1.29, 1.82) is 0 Å². The van der Waals surface area contributed by atoms with Crippen LogP contribution in [0.3, 0.4) is 0 Å². The van der Waals surface area contributed by atoms with Gasteiger partial charge in [0.1, 0.15) is 17.6 Å². The minimum Gasteiger partial charge on any atom is -0.459 e. The molecule has 3 heterocycles. The number of nitrogens with zero attached hydrogens (tertiary/aromatic N) is 2. The van der Waals surface area contributed by atoms with E-state index in [0.717, 1.165) is 34.0 Å². The van der Waals surface area contributed by atoms with Gasteiger partial charge in [-0.1, -0.05) is 29.8 Å². The molecule has 1 aliphatic rings. The normalized spacial score (nSPS) is 17.3. The van der Waals surface area contributed by atoms with E-state index in [1.807, 2.05) is 84.6 Å². The number of aromatic nitrogens is 1. The third-order valence-corrected chi connectivity index (χ3v) is 6.66. The highest BCUT2D eigenvalue weighted by Crippen LogP contribution is 2.43. The van der Waals surface area contributed by atoms with Crippen LogP contribution in [-0.2, 0) is 4.79 Å². The zero-order valence-corrected chi connectivity index (χ0v) is 20.7. The molecule has 2 atom stereocenters. The highest BCUT2D eigenvalue weighted by atomic mass is 35.5. The van der Waals surface area contributed by atoms with Crippen molar-refractivity contribution in [3.63, 3.8) is 0 Å². The summed E-state index contributed by atoms with van der Waals surface area (Å²) in [7, 11) is 0. The SMILES string of the molecule is CC(=O)Nc1ccc(N2C(=S)NC(c3ccccn3)C2c2ccc(-c3ccc(C)c(Cl)c3)o2)cc1. The predicted molar refractivity (Wildman–Crippen MR) is 143 cm³/mol. The molecule has 2 N–H and O–H groups in total. The van der Waals surface area contributed by atoms with E-state index in [4.69, 9.17) is 28.2 Å². The van der Waals surface area contributed by atoms with Gasteiger partial charge < -0.3 is 20.0 Å². The van der Waals surface area contributed by atoms with Crippen LogP contribution in [0.5, 0.6) is 0 Å². The number of thiocarbonyl (C=S) groups is 1. The number of benzene rings is 2. The van der Waals surface area contributed by atoms with Gasteiger partial charge in [-0.15, -0.1) is 0 Å². The molecule has 4 aromatic rings. The molecule has 5 rings (SSSR count). The van der Waals surface area contributed by atoms with Gasteiger partial charge in [0.2, 0.25) is 5.91 Å². The van der Waals surface area contributed by atoms with Crippen LogP contribution in [0.2, 0.25) is 5.02 Å². The molecule has 0 aliphatic carbocycles. The van der Waals surface area contributed by atoms with E-state index < -0.39 is 0 Å². The van der Waals surface area contributed by atoms with Gasteiger partial charge in [-0.25, -0.2) is 0 Å². The number of hydrogen-bond donors (Lipinski definition) is 2. The van der Waals surface area contributed by atoms with Crippen molar-refractivity contribution in [3.05, 3.63) is 101 Å². The summed E-state index contributed by atoms with van der Waals surface area (Å²) in [5.41, 5.74) is 4.36. The van der Waals surface area contributed by atoms with Gasteiger partial charge >= 0.3 is 0 Å². The molecular formula is C27H23ClN4O2S. The quantitative estimate of drug-likeness (QED) is 0.306. The van der Waals surface area contributed by atoms with Crippen LogP contribution in [0.25, 0.3) is 11.3 Å². The predicted octanol–water partition coefficient (Wildman–Crippen LogP) is 6.44. The largest absolute Gasteiger partial charge is 0.459 e. The summed E-state index contributed by atoms with van der Waals surface area (Å²) >= 11 is 12.1. The summed E-state index contributed by atoms with van der Waals surface area (Å²) in [6.07, 6.45) is 1.77. The third-order valence-electron chi connectivity index (χ3n) is 5.94. The zero-order valence-electron chi connectivity index (χ0n) is 19.2. The summed E-state index contributed by atoms with van der Waals surface area (Å²) < 4.78 is 6.39. The van der Waals surface area contributed by atoms with Crippen LogP contribution in [0, 0.1) is 6.92 Å². The number of hydrogen-bond acceptors (Lipinski definition) is 4. The number of nitrogens with one attached hydrogen (secondary N) is 2. The Labute approximate surface area is 213 Å². The molecule has 2 aromatic carbocycles. The van der Waals surface area contributed by atoms with E-state index in [1.54, 1.807) is 6.20 Å². The Hall–Kier alpha value is -3.68. The first-order valence-corrected chi connectivity index (χ1v) is 11.9. The van der Waals surface area contributed by atoms with Crippen LogP contribution in [0.1, 0.15) is 36.0 Å². The molecule has 1 fully saturated rings. The molecule has 0 saturated carbocycles. The molecule has 0 spiro atoms. The van der Waals surface area contributed by atoms with E-state index in [9.17, 15) is 4.79 Å². The van der Waals surface area contributed by atoms with E-state index in [0.29, 0.717) is 15.8 Å². The minimum atomic E-state index is -0.279. The molecule has 35 heavy (non-hydrogen) atoms. The van der Waals surface area contributed by atoms with Crippen LogP contribution in [0.15, 0.2) is 83.4 Å². The standard InChI is InChI=1S/C27H23ClN4O2S/c1-16-6-7-18(15-21(16)28)23-12-13-24(34-23)26-25(22-5-3-4-14-29-22)31-27(35)32(26)20-10-8-19(9-11-20)30-17(2)33/h3-15,25-26H,1-2H3,(H,30,33)(H,31,35). The first kappa shape index (κ1) is 23.1. The summed E-state index contributed by atoms with van der Waals surface area (Å²) in [4.78, 5) is 18.0. The molecular weight excluding hydrogens is 480 g/mol. The van der Waals surface area contributed by atoms with Crippen molar-refractivity contribution in [2.75, 3.05) is 10.2 Å². The van der Waals surface area contributed by atoms with Crippen molar-refractivity contribution in [2.45, 2.75) is 25.9 Å². The molecule has 1 aliphatic heterocycles. The lowest BCUT2D eigenvalue weighted by Gasteiger charge is -2.26. The third kappa shape index (κ3) is 4.65. The second kappa shape index (κ2) is 9.52. The van der Waals surface area contributed by atoms with Gasteiger partial charge in [0.05, 0.1) is 11.7 Å². The van der Waals surface area contributed by atoms with Crippen molar-refractivity contribution in [3.8, 4) is 11.3 Å². The van der Waals surface area contributed by atoms with Gasteiger partial charge in [0.15, 0.2) is 5.11 Å². The first-order chi connectivity index (χ1) is 16.9. The monoisotopic (exact) mass is 502 g/mol. The number of carbonyl (C=O) groups is 1. The van der Waals surface area contributed by atoms with Crippen molar-refractivity contribution >= 4 is 46.2 Å².